The van der Waals surface area contributed by atoms with Crippen molar-refractivity contribution in [2.24, 2.45) is 0 Å². The van der Waals surface area contributed by atoms with Crippen molar-refractivity contribution in [1.29, 1.82) is 0 Å². The number of thiazole rings is 1. The van der Waals surface area contributed by atoms with Crippen molar-refractivity contribution in [3.63, 3.8) is 0 Å². The lowest BCUT2D eigenvalue weighted by Gasteiger charge is -2.03. The van der Waals surface area contributed by atoms with E-state index >= 15 is 0 Å². The Morgan fingerprint density at radius 1 is 1.56 bits per heavy atom. The van der Waals surface area contributed by atoms with E-state index in [0.717, 1.165) is 23.7 Å². The molecular formula is C11H18N2O2S. The Hall–Kier alpha value is -0.940. The van der Waals surface area contributed by atoms with E-state index in [9.17, 15) is 4.79 Å². The highest BCUT2D eigenvalue weighted by atomic mass is 32.1. The smallest absolute Gasteiger partial charge is 0.307 e. The van der Waals surface area contributed by atoms with Gasteiger partial charge in [0, 0.05) is 24.9 Å². The molecule has 0 fully saturated rings. The fraction of sp³-hybridized carbons (Fsp3) is 0.636. The van der Waals surface area contributed by atoms with Crippen molar-refractivity contribution >= 4 is 17.3 Å². The molecule has 1 aromatic heterocycles. The van der Waals surface area contributed by atoms with Gasteiger partial charge in [0.1, 0.15) is 0 Å². The maximum atomic E-state index is 11.0. The van der Waals surface area contributed by atoms with E-state index in [0.29, 0.717) is 19.6 Å². The summed E-state index contributed by atoms with van der Waals surface area (Å²) in [6, 6.07) is 0. The molecule has 0 amide bonds. The molecule has 0 spiro atoms. The summed E-state index contributed by atoms with van der Waals surface area (Å²) in [6.07, 6.45) is 1.34. The predicted octanol–water partition coefficient (Wildman–Crippen LogP) is 1.54. The molecule has 0 aromatic carbocycles. The maximum absolute atomic E-state index is 11.0. The first-order chi connectivity index (χ1) is 7.72. The van der Waals surface area contributed by atoms with Gasteiger partial charge in [-0.3, -0.25) is 4.79 Å². The number of nitrogens with one attached hydrogen (secondary N) is 1. The van der Waals surface area contributed by atoms with Gasteiger partial charge in [0.05, 0.1) is 23.7 Å². The van der Waals surface area contributed by atoms with Crippen LogP contribution in [0.4, 0.5) is 0 Å². The topological polar surface area (TPSA) is 51.2 Å². The van der Waals surface area contributed by atoms with Crippen LogP contribution in [0.3, 0.4) is 0 Å². The second kappa shape index (κ2) is 7.35. The largest absolute Gasteiger partial charge is 0.466 e. The van der Waals surface area contributed by atoms with Gasteiger partial charge in [0.15, 0.2) is 0 Å². The summed E-state index contributed by atoms with van der Waals surface area (Å²) < 4.78 is 4.82. The second-order valence-electron chi connectivity index (χ2n) is 3.41. The van der Waals surface area contributed by atoms with E-state index in [2.05, 4.69) is 15.7 Å². The van der Waals surface area contributed by atoms with Gasteiger partial charge in [-0.05, 0) is 13.8 Å². The number of esters is 1. The highest BCUT2D eigenvalue weighted by Crippen LogP contribution is 2.07. The minimum atomic E-state index is -0.139. The zero-order valence-corrected chi connectivity index (χ0v) is 10.6. The van der Waals surface area contributed by atoms with Crippen LogP contribution in [-0.4, -0.2) is 30.6 Å². The average molecular weight is 242 g/mol. The van der Waals surface area contributed by atoms with Crippen LogP contribution >= 0.6 is 11.3 Å². The summed E-state index contributed by atoms with van der Waals surface area (Å²) in [7, 11) is 0. The zero-order valence-electron chi connectivity index (χ0n) is 9.78. The molecule has 4 nitrogen and oxygen atoms in total. The summed E-state index contributed by atoms with van der Waals surface area (Å²) in [5, 5.41) is 6.37. The fourth-order valence-corrected chi connectivity index (χ4v) is 1.94. The highest BCUT2D eigenvalue weighted by Gasteiger charge is 2.01. The molecule has 90 valence electrons. The number of ether oxygens (including phenoxy) is 1. The fourth-order valence-electron chi connectivity index (χ4n) is 1.29. The summed E-state index contributed by atoms with van der Waals surface area (Å²) in [4.78, 5) is 15.4. The Kier molecular flexibility index (Phi) is 6.03. The Bertz CT molecular complexity index is 326. The first-order valence-electron chi connectivity index (χ1n) is 5.49. The summed E-state index contributed by atoms with van der Waals surface area (Å²) in [5.41, 5.74) is 1.12. The van der Waals surface area contributed by atoms with E-state index in [-0.39, 0.29) is 5.97 Å². The van der Waals surface area contributed by atoms with Crippen molar-refractivity contribution in [1.82, 2.24) is 10.3 Å². The summed E-state index contributed by atoms with van der Waals surface area (Å²) in [6.45, 7) is 5.79. The zero-order chi connectivity index (χ0) is 11.8. The first-order valence-corrected chi connectivity index (χ1v) is 6.37. The minimum absolute atomic E-state index is 0.139. The van der Waals surface area contributed by atoms with Crippen LogP contribution in [0.1, 0.15) is 24.0 Å². The molecule has 5 heteroatoms. The van der Waals surface area contributed by atoms with Gasteiger partial charge in [-0.15, -0.1) is 11.3 Å². The van der Waals surface area contributed by atoms with E-state index in [1.807, 2.05) is 13.8 Å². The first kappa shape index (κ1) is 13.1. The standard InChI is InChI=1S/C11H18N2O2S/c1-3-15-11(14)5-7-12-6-4-10-8-16-9(2)13-10/h8,12H,3-7H2,1-2H3. The minimum Gasteiger partial charge on any atom is -0.466 e. The molecule has 1 N–H and O–H groups in total. The molecule has 1 rings (SSSR count). The van der Waals surface area contributed by atoms with Crippen LogP contribution in [-0.2, 0) is 16.0 Å². The molecule has 0 aliphatic carbocycles. The predicted molar refractivity (Wildman–Crippen MR) is 64.7 cm³/mol. The number of aromatic nitrogens is 1. The monoisotopic (exact) mass is 242 g/mol. The van der Waals surface area contributed by atoms with Crippen LogP contribution in [0.25, 0.3) is 0 Å². The molecule has 0 bridgehead atoms. The SMILES string of the molecule is CCOC(=O)CCNCCc1csc(C)n1. The third-order valence-corrected chi connectivity index (χ3v) is 2.86. The highest BCUT2D eigenvalue weighted by molar-refractivity contribution is 7.09. The molecule has 0 unspecified atom stereocenters. The van der Waals surface area contributed by atoms with Gasteiger partial charge in [-0.25, -0.2) is 4.98 Å². The Morgan fingerprint density at radius 3 is 3.00 bits per heavy atom. The van der Waals surface area contributed by atoms with Crippen molar-refractivity contribution in [2.75, 3.05) is 19.7 Å². The van der Waals surface area contributed by atoms with E-state index in [1.165, 1.54) is 0 Å². The van der Waals surface area contributed by atoms with Gasteiger partial charge in [0.2, 0.25) is 0 Å². The number of hydrogen-bond donors (Lipinski definition) is 1. The molecule has 0 radical (unpaired) electrons. The quantitative estimate of drug-likeness (QED) is 0.582. The molecular weight excluding hydrogens is 224 g/mol. The van der Waals surface area contributed by atoms with Crippen molar-refractivity contribution in [3.05, 3.63) is 16.1 Å². The molecule has 0 aliphatic heterocycles. The summed E-state index contributed by atoms with van der Waals surface area (Å²) >= 11 is 1.67. The molecule has 1 heterocycles. The number of rotatable bonds is 7. The van der Waals surface area contributed by atoms with Crippen LogP contribution in [0.5, 0.6) is 0 Å². The van der Waals surface area contributed by atoms with Crippen molar-refractivity contribution < 1.29 is 9.53 Å². The number of hydrogen-bond acceptors (Lipinski definition) is 5. The van der Waals surface area contributed by atoms with Gasteiger partial charge in [-0.1, -0.05) is 0 Å². The lowest BCUT2D eigenvalue weighted by molar-refractivity contribution is -0.142. The van der Waals surface area contributed by atoms with Gasteiger partial charge in [0.25, 0.3) is 0 Å². The Balaban J connectivity index is 2.02. The molecule has 1 aromatic rings. The van der Waals surface area contributed by atoms with Crippen LogP contribution in [0.2, 0.25) is 0 Å². The van der Waals surface area contributed by atoms with Crippen LogP contribution in [0, 0.1) is 6.92 Å². The number of carbonyl (C=O) groups excluding carboxylic acids is 1. The lowest BCUT2D eigenvalue weighted by Crippen LogP contribution is -2.21. The molecule has 0 saturated carbocycles. The third kappa shape index (κ3) is 5.23. The molecule has 0 aliphatic rings. The van der Waals surface area contributed by atoms with E-state index in [1.54, 1.807) is 11.3 Å². The van der Waals surface area contributed by atoms with Gasteiger partial charge >= 0.3 is 5.97 Å². The summed E-state index contributed by atoms with van der Waals surface area (Å²) in [5.74, 6) is -0.139. The molecule has 0 atom stereocenters. The number of carbonyl (C=O) groups is 1. The van der Waals surface area contributed by atoms with Crippen LogP contribution in [0.15, 0.2) is 5.38 Å². The van der Waals surface area contributed by atoms with Gasteiger partial charge < -0.3 is 10.1 Å². The Labute approximate surface area is 100 Å². The van der Waals surface area contributed by atoms with Crippen LogP contribution < -0.4 is 5.32 Å². The van der Waals surface area contributed by atoms with Crippen molar-refractivity contribution in [2.45, 2.75) is 26.7 Å². The van der Waals surface area contributed by atoms with Gasteiger partial charge in [-0.2, -0.15) is 0 Å². The molecule has 0 saturated heterocycles. The molecule has 16 heavy (non-hydrogen) atoms. The third-order valence-electron chi connectivity index (χ3n) is 2.04. The normalized spacial score (nSPS) is 10.4. The maximum Gasteiger partial charge on any atom is 0.307 e. The number of aryl methyl sites for hydroxylation is 1. The average Bonchev–Trinajstić information content (AvgIpc) is 2.64. The lowest BCUT2D eigenvalue weighted by atomic mass is 10.3. The Morgan fingerprint density at radius 2 is 2.38 bits per heavy atom. The van der Waals surface area contributed by atoms with E-state index in [4.69, 9.17) is 4.74 Å². The van der Waals surface area contributed by atoms with Crippen molar-refractivity contribution in [3.8, 4) is 0 Å². The number of nitrogens with zero attached hydrogens (tertiary/aromatic N) is 1. The second-order valence-corrected chi connectivity index (χ2v) is 4.48. The van der Waals surface area contributed by atoms with E-state index < -0.39 is 0 Å².